The molecule has 3 N–H and O–H groups in total. The van der Waals surface area contributed by atoms with Gasteiger partial charge in [-0.25, -0.2) is 0 Å². The van der Waals surface area contributed by atoms with E-state index in [1.165, 1.54) is 0 Å². The quantitative estimate of drug-likeness (QED) is 0.697. The molecule has 1 aromatic heterocycles. The van der Waals surface area contributed by atoms with E-state index in [9.17, 15) is 9.59 Å². The minimum Gasteiger partial charge on any atom is -0.468 e. The Morgan fingerprint density at radius 3 is 2.78 bits per heavy atom. The predicted molar refractivity (Wildman–Crippen MR) is 88.1 cm³/mol. The van der Waals surface area contributed by atoms with E-state index in [0.717, 1.165) is 12.2 Å². The predicted octanol–water partition coefficient (Wildman–Crippen LogP) is 2.15. The first-order chi connectivity index (χ1) is 11.2. The van der Waals surface area contributed by atoms with Crippen molar-refractivity contribution in [2.75, 3.05) is 18.4 Å². The first-order valence-corrected chi connectivity index (χ1v) is 7.60. The van der Waals surface area contributed by atoms with E-state index in [1.54, 1.807) is 36.6 Å². The first kappa shape index (κ1) is 16.8. The van der Waals surface area contributed by atoms with Crippen LogP contribution in [0.25, 0.3) is 0 Å². The summed E-state index contributed by atoms with van der Waals surface area (Å²) in [5.41, 5.74) is 1.12. The molecule has 2 aromatic rings. The van der Waals surface area contributed by atoms with Gasteiger partial charge in [0.15, 0.2) is 0 Å². The highest BCUT2D eigenvalue weighted by Crippen LogP contribution is 2.10. The van der Waals surface area contributed by atoms with Crippen LogP contribution in [-0.2, 0) is 11.3 Å². The zero-order valence-corrected chi connectivity index (χ0v) is 13.1. The molecule has 6 heteroatoms. The Labute approximate surface area is 135 Å². The number of carbonyl (C=O) groups excluding carboxylic acids is 2. The minimum atomic E-state index is -0.178. The van der Waals surface area contributed by atoms with Crippen LogP contribution in [0.2, 0.25) is 0 Å². The maximum absolute atomic E-state index is 11.9. The lowest BCUT2D eigenvalue weighted by Gasteiger charge is -2.08. The molecule has 0 bridgehead atoms. The highest BCUT2D eigenvalue weighted by atomic mass is 16.3. The molecule has 0 atom stereocenters. The Hall–Kier alpha value is -2.60. The van der Waals surface area contributed by atoms with Crippen molar-refractivity contribution in [3.05, 3.63) is 54.0 Å². The largest absolute Gasteiger partial charge is 0.468 e. The van der Waals surface area contributed by atoms with Crippen molar-refractivity contribution in [3.63, 3.8) is 0 Å². The molecule has 0 unspecified atom stereocenters. The van der Waals surface area contributed by atoms with E-state index < -0.39 is 0 Å². The Morgan fingerprint density at radius 1 is 1.17 bits per heavy atom. The zero-order valence-electron chi connectivity index (χ0n) is 13.1. The molecule has 1 heterocycles. The second-order valence-corrected chi connectivity index (χ2v) is 5.07. The van der Waals surface area contributed by atoms with Gasteiger partial charge in [0, 0.05) is 17.8 Å². The Balaban J connectivity index is 1.82. The minimum absolute atomic E-state index is 0.140. The SMILES string of the molecule is CCCNC(=O)c1cccc(NC(=O)CNCc2ccco2)c1. The van der Waals surface area contributed by atoms with Crippen LogP contribution < -0.4 is 16.0 Å². The molecule has 122 valence electrons. The molecule has 1 aromatic carbocycles. The number of rotatable bonds is 8. The molecule has 0 aliphatic rings. The number of amides is 2. The van der Waals surface area contributed by atoms with Gasteiger partial charge in [-0.15, -0.1) is 0 Å². The second kappa shape index (κ2) is 8.75. The Morgan fingerprint density at radius 2 is 2.04 bits per heavy atom. The number of anilines is 1. The molecule has 0 aliphatic carbocycles. The fourth-order valence-corrected chi connectivity index (χ4v) is 2.00. The molecular formula is C17H21N3O3. The van der Waals surface area contributed by atoms with E-state index in [0.29, 0.717) is 24.3 Å². The van der Waals surface area contributed by atoms with Crippen LogP contribution in [0.4, 0.5) is 5.69 Å². The van der Waals surface area contributed by atoms with Gasteiger partial charge in [-0.3, -0.25) is 9.59 Å². The molecule has 2 amide bonds. The number of hydrogen-bond donors (Lipinski definition) is 3. The maximum atomic E-state index is 11.9. The molecule has 0 saturated carbocycles. The lowest BCUT2D eigenvalue weighted by atomic mass is 10.2. The highest BCUT2D eigenvalue weighted by Gasteiger charge is 2.07. The molecule has 0 spiro atoms. The lowest BCUT2D eigenvalue weighted by Crippen LogP contribution is -2.28. The van der Waals surface area contributed by atoms with Crippen LogP contribution in [0, 0.1) is 0 Å². The number of nitrogens with one attached hydrogen (secondary N) is 3. The first-order valence-electron chi connectivity index (χ1n) is 7.60. The van der Waals surface area contributed by atoms with Gasteiger partial charge in [0.25, 0.3) is 5.91 Å². The van der Waals surface area contributed by atoms with Crippen LogP contribution in [-0.4, -0.2) is 24.9 Å². The average Bonchev–Trinajstić information content (AvgIpc) is 3.06. The van der Waals surface area contributed by atoms with Gasteiger partial charge in [-0.05, 0) is 36.8 Å². The van der Waals surface area contributed by atoms with Gasteiger partial charge in [-0.1, -0.05) is 13.0 Å². The van der Waals surface area contributed by atoms with Gasteiger partial charge in [0.1, 0.15) is 5.76 Å². The topological polar surface area (TPSA) is 83.4 Å². The van der Waals surface area contributed by atoms with E-state index in [1.807, 2.05) is 13.0 Å². The fraction of sp³-hybridized carbons (Fsp3) is 0.294. The van der Waals surface area contributed by atoms with Crippen LogP contribution in [0.3, 0.4) is 0 Å². The Kier molecular flexibility index (Phi) is 6.38. The van der Waals surface area contributed by atoms with E-state index in [4.69, 9.17) is 4.42 Å². The second-order valence-electron chi connectivity index (χ2n) is 5.07. The molecular weight excluding hydrogens is 294 g/mol. The van der Waals surface area contributed by atoms with Crippen LogP contribution in [0.1, 0.15) is 29.5 Å². The molecule has 0 aliphatic heterocycles. The molecule has 0 radical (unpaired) electrons. The lowest BCUT2D eigenvalue weighted by molar-refractivity contribution is -0.115. The number of benzene rings is 1. The molecule has 23 heavy (non-hydrogen) atoms. The fourth-order valence-electron chi connectivity index (χ4n) is 2.00. The summed E-state index contributed by atoms with van der Waals surface area (Å²) < 4.78 is 5.17. The van der Waals surface area contributed by atoms with Crippen molar-refractivity contribution >= 4 is 17.5 Å². The summed E-state index contributed by atoms with van der Waals surface area (Å²) in [4.78, 5) is 23.8. The normalized spacial score (nSPS) is 10.3. The zero-order chi connectivity index (χ0) is 16.5. The van der Waals surface area contributed by atoms with Gasteiger partial charge >= 0.3 is 0 Å². The van der Waals surface area contributed by atoms with Crippen LogP contribution in [0.5, 0.6) is 0 Å². The molecule has 0 fully saturated rings. The van der Waals surface area contributed by atoms with Crippen molar-refractivity contribution < 1.29 is 14.0 Å². The summed E-state index contributed by atoms with van der Waals surface area (Å²) in [6.07, 6.45) is 2.47. The third-order valence-electron chi connectivity index (χ3n) is 3.11. The highest BCUT2D eigenvalue weighted by molar-refractivity contribution is 5.97. The monoisotopic (exact) mass is 315 g/mol. The summed E-state index contributed by atoms with van der Waals surface area (Å²) in [6.45, 7) is 3.27. The molecule has 6 nitrogen and oxygen atoms in total. The van der Waals surface area contributed by atoms with Crippen molar-refractivity contribution in [1.82, 2.24) is 10.6 Å². The maximum Gasteiger partial charge on any atom is 0.251 e. The standard InChI is InChI=1S/C17H21N3O3/c1-2-8-19-17(22)13-5-3-6-14(10-13)20-16(21)12-18-11-15-7-4-9-23-15/h3-7,9-10,18H,2,8,11-12H2,1H3,(H,19,22)(H,20,21). The van der Waals surface area contributed by atoms with Crippen molar-refractivity contribution in [1.29, 1.82) is 0 Å². The van der Waals surface area contributed by atoms with E-state index in [-0.39, 0.29) is 18.4 Å². The summed E-state index contributed by atoms with van der Waals surface area (Å²) >= 11 is 0. The third kappa shape index (κ3) is 5.60. The number of hydrogen-bond acceptors (Lipinski definition) is 4. The molecule has 2 rings (SSSR count). The Bertz CT molecular complexity index is 638. The third-order valence-corrected chi connectivity index (χ3v) is 3.11. The van der Waals surface area contributed by atoms with E-state index >= 15 is 0 Å². The van der Waals surface area contributed by atoms with Gasteiger partial charge < -0.3 is 20.4 Å². The van der Waals surface area contributed by atoms with Crippen molar-refractivity contribution in [2.45, 2.75) is 19.9 Å². The van der Waals surface area contributed by atoms with Crippen LogP contribution in [0.15, 0.2) is 47.1 Å². The summed E-state index contributed by atoms with van der Waals surface area (Å²) in [5, 5.41) is 8.55. The van der Waals surface area contributed by atoms with Crippen molar-refractivity contribution in [2.24, 2.45) is 0 Å². The van der Waals surface area contributed by atoms with Gasteiger partial charge in [0.2, 0.25) is 5.91 Å². The van der Waals surface area contributed by atoms with E-state index in [2.05, 4.69) is 16.0 Å². The van der Waals surface area contributed by atoms with Crippen molar-refractivity contribution in [3.8, 4) is 0 Å². The summed E-state index contributed by atoms with van der Waals surface area (Å²) in [7, 11) is 0. The molecule has 0 saturated heterocycles. The van der Waals surface area contributed by atoms with Gasteiger partial charge in [-0.2, -0.15) is 0 Å². The average molecular weight is 315 g/mol. The summed E-state index contributed by atoms with van der Waals surface area (Å²) in [5.74, 6) is 0.453. The van der Waals surface area contributed by atoms with Gasteiger partial charge in [0.05, 0.1) is 19.4 Å². The smallest absolute Gasteiger partial charge is 0.251 e. The number of carbonyl (C=O) groups is 2. The summed E-state index contributed by atoms with van der Waals surface area (Å²) in [6, 6.07) is 10.5. The number of furan rings is 1. The van der Waals surface area contributed by atoms with Crippen LogP contribution >= 0.6 is 0 Å².